The van der Waals surface area contributed by atoms with Gasteiger partial charge in [0.2, 0.25) is 0 Å². The van der Waals surface area contributed by atoms with Gasteiger partial charge < -0.3 is 19.5 Å². The molecule has 3 heterocycles. The molecule has 0 saturated carbocycles. The fourth-order valence-electron chi connectivity index (χ4n) is 5.73. The van der Waals surface area contributed by atoms with Crippen LogP contribution < -0.4 is 14.5 Å². The molecule has 47 heavy (non-hydrogen) atoms. The zero-order valence-corrected chi connectivity index (χ0v) is 25.4. The van der Waals surface area contributed by atoms with Crippen molar-refractivity contribution in [2.45, 2.75) is 23.8 Å². The Kier molecular flexibility index (Phi) is 8.61. The molecule has 246 valence electrons. The zero-order valence-electron chi connectivity index (χ0n) is 24.6. The quantitative estimate of drug-likeness (QED) is 0.0878. The van der Waals surface area contributed by atoms with Crippen LogP contribution in [0, 0.1) is 0 Å². The standard InChI is InChI=1S/C32H26F6N4O4S/c1-47-20-10-8-19(9-11-20)27-25(18-40-14-16-41(17-15-40)23-5-2-4-22-21(23)12-13-39-22)42(46-30(44)32(36,37)38)24-6-3-7-26(28(24)27)45-29(43)31(33,34)35/h2-13,39H,14-18H2,1H3. The van der Waals surface area contributed by atoms with E-state index in [1.165, 1.54) is 23.9 Å². The number of H-pyrrole nitrogens is 1. The van der Waals surface area contributed by atoms with Crippen LogP contribution in [0.4, 0.5) is 32.0 Å². The molecule has 0 bridgehead atoms. The van der Waals surface area contributed by atoms with Crippen molar-refractivity contribution < 1.29 is 45.5 Å². The number of aromatic nitrogens is 2. The monoisotopic (exact) mass is 676 g/mol. The molecule has 1 N–H and O–H groups in total. The van der Waals surface area contributed by atoms with E-state index in [0.717, 1.165) is 27.6 Å². The van der Waals surface area contributed by atoms with Crippen molar-refractivity contribution >= 4 is 51.2 Å². The van der Waals surface area contributed by atoms with E-state index in [2.05, 4.69) is 9.88 Å². The molecule has 5 aromatic rings. The van der Waals surface area contributed by atoms with Crippen molar-refractivity contribution in [3.63, 3.8) is 0 Å². The highest BCUT2D eigenvalue weighted by molar-refractivity contribution is 7.98. The second kappa shape index (κ2) is 12.5. The first kappa shape index (κ1) is 32.3. The van der Waals surface area contributed by atoms with Crippen molar-refractivity contribution in [3.05, 3.63) is 78.6 Å². The molecule has 1 aliphatic heterocycles. The number of alkyl halides is 6. The first-order valence-corrected chi connectivity index (χ1v) is 15.5. The minimum atomic E-state index is -5.38. The van der Waals surface area contributed by atoms with E-state index in [9.17, 15) is 35.9 Å². The Hall–Kier alpha value is -4.63. The van der Waals surface area contributed by atoms with Gasteiger partial charge in [-0.25, -0.2) is 9.59 Å². The van der Waals surface area contributed by atoms with Gasteiger partial charge in [0.05, 0.1) is 16.6 Å². The summed E-state index contributed by atoms with van der Waals surface area (Å²) in [6.07, 6.45) is -7.03. The fourth-order valence-corrected chi connectivity index (χ4v) is 6.14. The molecule has 0 spiro atoms. The van der Waals surface area contributed by atoms with Crippen LogP contribution in [-0.2, 0) is 16.1 Å². The first-order valence-electron chi connectivity index (χ1n) is 14.3. The molecule has 3 aromatic carbocycles. The van der Waals surface area contributed by atoms with Crippen molar-refractivity contribution in [1.82, 2.24) is 14.6 Å². The smallest absolute Gasteiger partial charge is 0.419 e. The number of hydrogen-bond donors (Lipinski definition) is 1. The van der Waals surface area contributed by atoms with Gasteiger partial charge in [0, 0.05) is 66.0 Å². The Morgan fingerprint density at radius 2 is 1.53 bits per heavy atom. The lowest BCUT2D eigenvalue weighted by Crippen LogP contribution is -2.46. The highest BCUT2D eigenvalue weighted by Gasteiger charge is 2.44. The maximum Gasteiger partial charge on any atom is 0.493 e. The molecule has 0 atom stereocenters. The van der Waals surface area contributed by atoms with Crippen molar-refractivity contribution in [3.8, 4) is 16.9 Å². The number of esters is 1. The van der Waals surface area contributed by atoms with E-state index < -0.39 is 30.0 Å². The molecule has 1 aliphatic rings. The molecule has 0 amide bonds. The van der Waals surface area contributed by atoms with Gasteiger partial charge in [-0.2, -0.15) is 31.1 Å². The largest absolute Gasteiger partial charge is 0.493 e. The summed E-state index contributed by atoms with van der Waals surface area (Å²) in [5.74, 6) is -5.59. The number of benzene rings is 3. The number of carbonyl (C=O) groups is 2. The third kappa shape index (κ3) is 6.49. The van der Waals surface area contributed by atoms with Gasteiger partial charge in [-0.05, 0) is 54.3 Å². The molecule has 6 rings (SSSR count). The second-order valence-electron chi connectivity index (χ2n) is 10.7. The second-order valence-corrected chi connectivity index (χ2v) is 11.6. The van der Waals surface area contributed by atoms with E-state index in [4.69, 9.17) is 9.57 Å². The minimum Gasteiger partial charge on any atom is -0.419 e. The molecule has 1 saturated heterocycles. The van der Waals surface area contributed by atoms with Crippen LogP contribution in [-0.4, -0.2) is 71.3 Å². The van der Waals surface area contributed by atoms with Gasteiger partial charge in [0.1, 0.15) is 5.75 Å². The molecule has 0 radical (unpaired) electrons. The van der Waals surface area contributed by atoms with Gasteiger partial charge in [0.15, 0.2) is 0 Å². The van der Waals surface area contributed by atoms with Crippen LogP contribution in [0.5, 0.6) is 5.75 Å². The SMILES string of the molecule is CSc1ccc(-c2c(CN3CCN(c4cccc5[nH]ccc45)CC3)n(OC(=O)C(F)(F)F)c3cccc(OC(=O)C(F)(F)F)c23)cc1. The molecule has 1 fully saturated rings. The molecular formula is C32H26F6N4O4S. The summed E-state index contributed by atoms with van der Waals surface area (Å²) < 4.78 is 85.8. The van der Waals surface area contributed by atoms with E-state index in [0.29, 0.717) is 36.5 Å². The highest BCUT2D eigenvalue weighted by atomic mass is 32.2. The Balaban J connectivity index is 1.45. The number of hydrogen-bond acceptors (Lipinski definition) is 7. The van der Waals surface area contributed by atoms with Crippen LogP contribution in [0.1, 0.15) is 5.69 Å². The number of nitrogens with one attached hydrogen (secondary N) is 1. The predicted octanol–water partition coefficient (Wildman–Crippen LogP) is 6.82. The third-order valence-electron chi connectivity index (χ3n) is 7.88. The molecule has 15 heteroatoms. The van der Waals surface area contributed by atoms with Crippen LogP contribution in [0.25, 0.3) is 32.9 Å². The maximum atomic E-state index is 13.5. The highest BCUT2D eigenvalue weighted by Crippen LogP contribution is 2.42. The molecule has 8 nitrogen and oxygen atoms in total. The summed E-state index contributed by atoms with van der Waals surface area (Å²) in [6, 6.07) is 18.2. The first-order chi connectivity index (χ1) is 22.3. The van der Waals surface area contributed by atoms with Gasteiger partial charge in [-0.15, -0.1) is 11.8 Å². The fraction of sp³-hybridized carbons (Fsp3) is 0.250. The van der Waals surface area contributed by atoms with Crippen molar-refractivity contribution in [1.29, 1.82) is 0 Å². The number of rotatable bonds is 7. The predicted molar refractivity (Wildman–Crippen MR) is 164 cm³/mol. The Morgan fingerprint density at radius 1 is 0.851 bits per heavy atom. The summed E-state index contributed by atoms with van der Waals surface area (Å²) in [4.78, 5) is 37.2. The summed E-state index contributed by atoms with van der Waals surface area (Å²) in [7, 11) is 0. The average Bonchev–Trinajstić information content (AvgIpc) is 3.64. The Bertz CT molecular complexity index is 1940. The van der Waals surface area contributed by atoms with Crippen LogP contribution in [0.3, 0.4) is 0 Å². The number of nitrogens with zero attached hydrogens (tertiary/aromatic N) is 3. The number of carbonyl (C=O) groups excluding carboxylic acids is 2. The van der Waals surface area contributed by atoms with Gasteiger partial charge >= 0.3 is 24.3 Å². The lowest BCUT2D eigenvalue weighted by molar-refractivity contribution is -0.199. The lowest BCUT2D eigenvalue weighted by Gasteiger charge is -2.36. The van der Waals surface area contributed by atoms with E-state index in [1.807, 2.05) is 41.6 Å². The van der Waals surface area contributed by atoms with E-state index >= 15 is 0 Å². The number of thioether (sulfide) groups is 1. The van der Waals surface area contributed by atoms with Gasteiger partial charge in [-0.3, -0.25) is 4.90 Å². The van der Waals surface area contributed by atoms with Crippen LogP contribution in [0.15, 0.2) is 77.8 Å². The van der Waals surface area contributed by atoms with E-state index in [1.54, 1.807) is 24.3 Å². The maximum absolute atomic E-state index is 13.5. The Labute approximate surface area is 267 Å². The van der Waals surface area contributed by atoms with Crippen molar-refractivity contribution in [2.24, 2.45) is 0 Å². The lowest BCUT2D eigenvalue weighted by atomic mass is 10.0. The third-order valence-corrected chi connectivity index (χ3v) is 8.63. The normalized spacial score (nSPS) is 14.6. The number of halogens is 6. The summed E-state index contributed by atoms with van der Waals surface area (Å²) >= 11 is 1.43. The number of piperazine rings is 1. The van der Waals surface area contributed by atoms with Gasteiger partial charge in [-0.1, -0.05) is 24.3 Å². The number of fused-ring (bicyclic) bond motifs is 2. The van der Waals surface area contributed by atoms with Gasteiger partial charge in [0.25, 0.3) is 0 Å². The molecule has 0 aliphatic carbocycles. The van der Waals surface area contributed by atoms with Crippen molar-refractivity contribution in [2.75, 3.05) is 37.3 Å². The average molecular weight is 677 g/mol. The summed E-state index contributed by atoms with van der Waals surface area (Å²) in [5.41, 5.74) is 2.42. The molecular weight excluding hydrogens is 650 g/mol. The number of aromatic amines is 1. The summed E-state index contributed by atoms with van der Waals surface area (Å²) in [6.45, 7) is 1.97. The van der Waals surface area contributed by atoms with E-state index in [-0.39, 0.29) is 28.7 Å². The number of ether oxygens (including phenoxy) is 1. The Morgan fingerprint density at radius 3 is 2.19 bits per heavy atom. The minimum absolute atomic E-state index is 0.0473. The molecule has 0 unspecified atom stereocenters. The van der Waals surface area contributed by atoms with Crippen LogP contribution >= 0.6 is 11.8 Å². The summed E-state index contributed by atoms with van der Waals surface area (Å²) in [5, 5.41) is 0.918. The number of anilines is 1. The zero-order chi connectivity index (χ0) is 33.5. The molecule has 2 aromatic heterocycles. The van der Waals surface area contributed by atoms with Crippen LogP contribution in [0.2, 0.25) is 0 Å². The topological polar surface area (TPSA) is 79.8 Å².